The summed E-state index contributed by atoms with van der Waals surface area (Å²) in [5.41, 5.74) is -0.693. The van der Waals surface area contributed by atoms with E-state index in [0.29, 0.717) is 24.2 Å². The van der Waals surface area contributed by atoms with Crippen molar-refractivity contribution in [2.45, 2.75) is 45.1 Å². The van der Waals surface area contributed by atoms with Gasteiger partial charge in [0.25, 0.3) is 0 Å². The SMILES string of the molecule is CCCCC(O)(CC)C(=O)c1ccc(OC)cc1. The molecule has 0 spiro atoms. The average Bonchev–Trinajstić information content (AvgIpc) is 2.44. The number of unbranched alkanes of at least 4 members (excludes halogenated alkanes) is 1. The fourth-order valence-corrected chi connectivity index (χ4v) is 1.93. The molecule has 18 heavy (non-hydrogen) atoms. The molecule has 0 aromatic heterocycles. The number of aliphatic hydroxyl groups is 1. The maximum Gasteiger partial charge on any atom is 0.194 e. The Labute approximate surface area is 109 Å². The van der Waals surface area contributed by atoms with E-state index >= 15 is 0 Å². The first kappa shape index (κ1) is 14.7. The Bertz CT molecular complexity index is 383. The fraction of sp³-hybridized carbons (Fsp3) is 0.533. The summed E-state index contributed by atoms with van der Waals surface area (Å²) in [4.78, 5) is 12.3. The second-order valence-electron chi connectivity index (χ2n) is 4.55. The molecule has 3 nitrogen and oxygen atoms in total. The standard InChI is InChI=1S/C15H22O3/c1-4-6-11-15(17,5-2)14(16)12-7-9-13(18-3)10-8-12/h7-10,17H,4-6,11H2,1-3H3. The molecule has 1 atom stereocenters. The molecule has 3 heteroatoms. The van der Waals surface area contributed by atoms with Crippen LogP contribution in [0.15, 0.2) is 24.3 Å². The Morgan fingerprint density at radius 2 is 1.89 bits per heavy atom. The zero-order chi connectivity index (χ0) is 13.6. The van der Waals surface area contributed by atoms with E-state index in [0.717, 1.165) is 12.8 Å². The van der Waals surface area contributed by atoms with Gasteiger partial charge in [0, 0.05) is 5.56 Å². The predicted molar refractivity (Wildman–Crippen MR) is 72.1 cm³/mol. The second kappa shape index (κ2) is 6.55. The highest BCUT2D eigenvalue weighted by Crippen LogP contribution is 2.24. The Kier molecular flexibility index (Phi) is 5.35. The van der Waals surface area contributed by atoms with Crippen LogP contribution in [0.5, 0.6) is 5.75 Å². The van der Waals surface area contributed by atoms with Crippen molar-refractivity contribution < 1.29 is 14.6 Å². The number of carbonyl (C=O) groups excluding carboxylic acids is 1. The molecular formula is C15H22O3. The lowest BCUT2D eigenvalue weighted by Gasteiger charge is -2.25. The molecule has 0 heterocycles. The summed E-state index contributed by atoms with van der Waals surface area (Å²) in [6.45, 7) is 3.89. The van der Waals surface area contributed by atoms with E-state index in [2.05, 4.69) is 0 Å². The number of rotatable bonds is 7. The van der Waals surface area contributed by atoms with Gasteiger partial charge < -0.3 is 9.84 Å². The molecule has 1 rings (SSSR count). The molecule has 1 unspecified atom stereocenters. The lowest BCUT2D eigenvalue weighted by molar-refractivity contribution is 0.0240. The fourth-order valence-electron chi connectivity index (χ4n) is 1.93. The topological polar surface area (TPSA) is 46.5 Å². The molecule has 1 aromatic carbocycles. The van der Waals surface area contributed by atoms with Crippen molar-refractivity contribution in [1.82, 2.24) is 0 Å². The van der Waals surface area contributed by atoms with Crippen molar-refractivity contribution in [3.63, 3.8) is 0 Å². The average molecular weight is 250 g/mol. The van der Waals surface area contributed by atoms with Crippen LogP contribution in [-0.4, -0.2) is 23.6 Å². The minimum atomic E-state index is -1.23. The van der Waals surface area contributed by atoms with Gasteiger partial charge in [-0.05, 0) is 37.1 Å². The van der Waals surface area contributed by atoms with Crippen molar-refractivity contribution >= 4 is 5.78 Å². The molecule has 0 saturated carbocycles. The minimum Gasteiger partial charge on any atom is -0.497 e. The summed E-state index contributed by atoms with van der Waals surface area (Å²) in [7, 11) is 1.58. The van der Waals surface area contributed by atoms with E-state index in [-0.39, 0.29) is 5.78 Å². The maximum atomic E-state index is 12.3. The summed E-state index contributed by atoms with van der Waals surface area (Å²) in [5.74, 6) is 0.515. The number of hydrogen-bond donors (Lipinski definition) is 1. The third-order valence-electron chi connectivity index (χ3n) is 3.30. The van der Waals surface area contributed by atoms with Gasteiger partial charge in [0.05, 0.1) is 7.11 Å². The van der Waals surface area contributed by atoms with Crippen molar-refractivity contribution in [2.75, 3.05) is 7.11 Å². The van der Waals surface area contributed by atoms with E-state index in [1.165, 1.54) is 0 Å². The first-order valence-corrected chi connectivity index (χ1v) is 6.48. The van der Waals surface area contributed by atoms with Crippen LogP contribution in [0.25, 0.3) is 0 Å². The summed E-state index contributed by atoms with van der Waals surface area (Å²) in [5, 5.41) is 10.4. The number of ketones is 1. The van der Waals surface area contributed by atoms with Gasteiger partial charge >= 0.3 is 0 Å². The van der Waals surface area contributed by atoms with Crippen molar-refractivity contribution in [3.05, 3.63) is 29.8 Å². The summed E-state index contributed by atoms with van der Waals surface area (Å²) in [6, 6.07) is 6.88. The van der Waals surface area contributed by atoms with Gasteiger partial charge in [-0.2, -0.15) is 0 Å². The van der Waals surface area contributed by atoms with E-state index in [1.807, 2.05) is 13.8 Å². The third-order valence-corrected chi connectivity index (χ3v) is 3.30. The number of methoxy groups -OCH3 is 1. The number of carbonyl (C=O) groups is 1. The molecule has 0 amide bonds. The minimum absolute atomic E-state index is 0.193. The lowest BCUT2D eigenvalue weighted by atomic mass is 9.86. The largest absolute Gasteiger partial charge is 0.497 e. The first-order valence-electron chi connectivity index (χ1n) is 6.48. The molecule has 1 aromatic rings. The summed E-state index contributed by atoms with van der Waals surface area (Å²) >= 11 is 0. The first-order chi connectivity index (χ1) is 8.57. The van der Waals surface area contributed by atoms with Crippen LogP contribution in [0.2, 0.25) is 0 Å². The highest BCUT2D eigenvalue weighted by molar-refractivity contribution is 6.02. The van der Waals surface area contributed by atoms with Crippen molar-refractivity contribution in [1.29, 1.82) is 0 Å². The zero-order valence-electron chi connectivity index (χ0n) is 11.4. The van der Waals surface area contributed by atoms with E-state index in [1.54, 1.807) is 31.4 Å². The zero-order valence-corrected chi connectivity index (χ0v) is 11.4. The Hall–Kier alpha value is -1.35. The number of benzene rings is 1. The number of hydrogen-bond acceptors (Lipinski definition) is 3. The molecule has 0 aliphatic carbocycles. The predicted octanol–water partition coefficient (Wildman–Crippen LogP) is 3.21. The van der Waals surface area contributed by atoms with Gasteiger partial charge in [0.2, 0.25) is 0 Å². The molecule has 0 aliphatic heterocycles. The van der Waals surface area contributed by atoms with Crippen LogP contribution < -0.4 is 4.74 Å². The summed E-state index contributed by atoms with van der Waals surface area (Å²) in [6.07, 6.45) is 2.78. The molecule has 1 N–H and O–H groups in total. The van der Waals surface area contributed by atoms with Crippen LogP contribution in [0, 0.1) is 0 Å². The Balaban J connectivity index is 2.88. The molecule has 0 bridgehead atoms. The van der Waals surface area contributed by atoms with Crippen LogP contribution in [-0.2, 0) is 0 Å². The third kappa shape index (κ3) is 3.33. The van der Waals surface area contributed by atoms with Crippen LogP contribution in [0.3, 0.4) is 0 Å². The van der Waals surface area contributed by atoms with Crippen molar-refractivity contribution in [3.8, 4) is 5.75 Å². The van der Waals surface area contributed by atoms with Crippen LogP contribution in [0.4, 0.5) is 0 Å². The lowest BCUT2D eigenvalue weighted by Crippen LogP contribution is -2.37. The van der Waals surface area contributed by atoms with E-state index in [4.69, 9.17) is 4.74 Å². The quantitative estimate of drug-likeness (QED) is 0.756. The molecule has 0 saturated heterocycles. The normalized spacial score (nSPS) is 14.0. The Morgan fingerprint density at radius 1 is 1.28 bits per heavy atom. The summed E-state index contributed by atoms with van der Waals surface area (Å²) < 4.78 is 5.05. The van der Waals surface area contributed by atoms with Gasteiger partial charge in [-0.3, -0.25) is 4.79 Å². The van der Waals surface area contributed by atoms with Crippen molar-refractivity contribution in [2.24, 2.45) is 0 Å². The molecular weight excluding hydrogens is 228 g/mol. The Morgan fingerprint density at radius 3 is 2.33 bits per heavy atom. The van der Waals surface area contributed by atoms with Gasteiger partial charge in [-0.25, -0.2) is 0 Å². The highest BCUT2D eigenvalue weighted by Gasteiger charge is 2.33. The number of ether oxygens (including phenoxy) is 1. The van der Waals surface area contributed by atoms with Crippen LogP contribution in [0.1, 0.15) is 49.9 Å². The smallest absolute Gasteiger partial charge is 0.194 e. The molecule has 0 radical (unpaired) electrons. The molecule has 100 valence electrons. The maximum absolute atomic E-state index is 12.3. The van der Waals surface area contributed by atoms with Gasteiger partial charge in [-0.15, -0.1) is 0 Å². The van der Waals surface area contributed by atoms with Crippen LogP contribution >= 0.6 is 0 Å². The van der Waals surface area contributed by atoms with E-state index < -0.39 is 5.60 Å². The highest BCUT2D eigenvalue weighted by atomic mass is 16.5. The van der Waals surface area contributed by atoms with E-state index in [9.17, 15) is 9.90 Å². The number of Topliss-reactive ketones (excluding diaryl/α,β-unsaturated/α-hetero) is 1. The molecule has 0 fully saturated rings. The van der Waals surface area contributed by atoms with Gasteiger partial charge in [0.1, 0.15) is 11.4 Å². The monoisotopic (exact) mass is 250 g/mol. The molecule has 0 aliphatic rings. The second-order valence-corrected chi connectivity index (χ2v) is 4.55. The van der Waals surface area contributed by atoms with Gasteiger partial charge in [0.15, 0.2) is 5.78 Å². The van der Waals surface area contributed by atoms with Gasteiger partial charge in [-0.1, -0.05) is 26.7 Å².